The summed E-state index contributed by atoms with van der Waals surface area (Å²) in [6, 6.07) is 12.3. The Morgan fingerprint density at radius 3 is 2.68 bits per heavy atom. The molecule has 0 aliphatic heterocycles. The van der Waals surface area contributed by atoms with Crippen molar-refractivity contribution in [2.24, 2.45) is 5.73 Å². The molecule has 1 aliphatic carbocycles. The summed E-state index contributed by atoms with van der Waals surface area (Å²) in [6.07, 6.45) is 2.23. The molecule has 0 unspecified atom stereocenters. The number of primary amides is 1. The fourth-order valence-corrected chi connectivity index (χ4v) is 3.97. The molecule has 6 nitrogen and oxygen atoms in total. The lowest BCUT2D eigenvalue weighted by atomic mass is 10.0. The quantitative estimate of drug-likeness (QED) is 0.622. The number of nitrogens with two attached hydrogens (primary N) is 1. The first kappa shape index (κ1) is 18.7. The molecule has 0 bridgehead atoms. The summed E-state index contributed by atoms with van der Waals surface area (Å²) in [4.78, 5) is 14.2. The molecule has 1 heterocycles. The lowest BCUT2D eigenvalue weighted by molar-refractivity contribution is 0.0995. The van der Waals surface area contributed by atoms with Gasteiger partial charge in [0.25, 0.3) is 5.91 Å². The third-order valence-corrected chi connectivity index (χ3v) is 5.55. The van der Waals surface area contributed by atoms with Gasteiger partial charge in [-0.15, -0.1) is 10.2 Å². The average molecular weight is 441 g/mol. The Hall–Kier alpha value is -2.67. The summed E-state index contributed by atoms with van der Waals surface area (Å²) in [6.45, 7) is 2.86. The third-order valence-electron chi connectivity index (χ3n) is 5.06. The van der Waals surface area contributed by atoms with Gasteiger partial charge < -0.3 is 15.4 Å². The zero-order valence-corrected chi connectivity index (χ0v) is 17.4. The largest absolute Gasteiger partial charge is 0.496 e. The van der Waals surface area contributed by atoms with E-state index in [4.69, 9.17) is 10.5 Å². The molecule has 1 saturated carbocycles. The predicted molar refractivity (Wildman–Crippen MR) is 114 cm³/mol. The molecule has 0 spiro atoms. The molecule has 2 N–H and O–H groups in total. The van der Waals surface area contributed by atoms with Crippen LogP contribution in [0.3, 0.4) is 0 Å². The number of hydrogen-bond acceptors (Lipinski definition) is 5. The normalized spacial score (nSPS) is 13.5. The minimum atomic E-state index is -0.554. The molecule has 4 rings (SSSR count). The summed E-state index contributed by atoms with van der Waals surface area (Å²) >= 11 is 3.52. The van der Waals surface area contributed by atoms with E-state index in [9.17, 15) is 4.79 Å². The zero-order chi connectivity index (χ0) is 19.8. The second-order valence-electron chi connectivity index (χ2n) is 6.86. The Morgan fingerprint density at radius 1 is 1.25 bits per heavy atom. The van der Waals surface area contributed by atoms with Gasteiger partial charge >= 0.3 is 0 Å². The highest BCUT2D eigenvalue weighted by Crippen LogP contribution is 2.39. The van der Waals surface area contributed by atoms with Gasteiger partial charge in [0.1, 0.15) is 5.75 Å². The van der Waals surface area contributed by atoms with Crippen LogP contribution in [0.5, 0.6) is 5.75 Å². The van der Waals surface area contributed by atoms with E-state index in [1.165, 1.54) is 0 Å². The van der Waals surface area contributed by atoms with Gasteiger partial charge in [-0.25, -0.2) is 0 Å². The van der Waals surface area contributed by atoms with E-state index in [0.717, 1.165) is 57.3 Å². The summed E-state index contributed by atoms with van der Waals surface area (Å²) in [5.41, 5.74) is 9.26. The third kappa shape index (κ3) is 3.30. The minimum absolute atomic E-state index is 0.231. The van der Waals surface area contributed by atoms with Crippen LogP contribution in [0.25, 0.3) is 22.0 Å². The zero-order valence-electron chi connectivity index (χ0n) is 15.8. The van der Waals surface area contributed by atoms with Gasteiger partial charge in [-0.05, 0) is 55.7 Å². The average Bonchev–Trinajstić information content (AvgIpc) is 3.53. The Bertz CT molecular complexity index is 1070. The number of fused-ring (bicyclic) bond motifs is 1. The van der Waals surface area contributed by atoms with Gasteiger partial charge in [0.2, 0.25) is 0 Å². The van der Waals surface area contributed by atoms with Crippen molar-refractivity contribution >= 4 is 38.4 Å². The molecular formula is C21H21BrN4O2. The second-order valence-corrected chi connectivity index (χ2v) is 7.77. The number of halogens is 1. The Labute approximate surface area is 171 Å². The summed E-state index contributed by atoms with van der Waals surface area (Å²) in [5, 5.41) is 9.35. The molecule has 144 valence electrons. The number of hydrogen-bond donors (Lipinski definition) is 1. The topological polar surface area (TPSA) is 81.3 Å². The van der Waals surface area contributed by atoms with Gasteiger partial charge in [0.15, 0.2) is 5.69 Å². The van der Waals surface area contributed by atoms with Crippen molar-refractivity contribution in [2.45, 2.75) is 25.8 Å². The van der Waals surface area contributed by atoms with Crippen LogP contribution in [0.4, 0.5) is 5.69 Å². The number of anilines is 1. The number of amides is 1. The van der Waals surface area contributed by atoms with Crippen molar-refractivity contribution in [1.82, 2.24) is 10.2 Å². The van der Waals surface area contributed by atoms with Gasteiger partial charge in [0, 0.05) is 28.0 Å². The molecule has 1 amide bonds. The standard InChI is InChI=1S/C21H21BrN4O2/c1-3-26(14-6-7-14)20-15-8-4-12(10-17(15)24-25-19(20)21(23)27)16-11-13(22)5-9-18(16)28-2/h4-5,8-11,14H,3,6-7H2,1-2H3,(H2,23,27). The van der Waals surface area contributed by atoms with E-state index in [1.807, 2.05) is 36.4 Å². The summed E-state index contributed by atoms with van der Waals surface area (Å²) in [7, 11) is 1.65. The van der Waals surface area contributed by atoms with Crippen LogP contribution in [0, 0.1) is 0 Å². The van der Waals surface area contributed by atoms with Crippen molar-refractivity contribution in [3.8, 4) is 16.9 Å². The fraction of sp³-hybridized carbons (Fsp3) is 0.286. The second kappa shape index (κ2) is 7.39. The van der Waals surface area contributed by atoms with Crippen molar-refractivity contribution < 1.29 is 9.53 Å². The van der Waals surface area contributed by atoms with Gasteiger partial charge in [0.05, 0.1) is 18.3 Å². The minimum Gasteiger partial charge on any atom is -0.496 e. The lowest BCUT2D eigenvalue weighted by Gasteiger charge is -2.25. The van der Waals surface area contributed by atoms with E-state index >= 15 is 0 Å². The maximum absolute atomic E-state index is 12.0. The van der Waals surface area contributed by atoms with Crippen LogP contribution >= 0.6 is 15.9 Å². The van der Waals surface area contributed by atoms with Crippen LogP contribution in [0.15, 0.2) is 40.9 Å². The number of rotatable bonds is 6. The highest BCUT2D eigenvalue weighted by molar-refractivity contribution is 9.10. The fourth-order valence-electron chi connectivity index (χ4n) is 3.61. The molecule has 3 aromatic rings. The van der Waals surface area contributed by atoms with Crippen LogP contribution in [-0.4, -0.2) is 35.8 Å². The number of carbonyl (C=O) groups excluding carboxylic acids is 1. The van der Waals surface area contributed by atoms with Crippen molar-refractivity contribution in [1.29, 1.82) is 0 Å². The number of benzene rings is 2. The summed E-state index contributed by atoms with van der Waals surface area (Å²) < 4.78 is 6.47. The molecular weight excluding hydrogens is 420 g/mol. The first-order valence-electron chi connectivity index (χ1n) is 9.24. The molecule has 1 aliphatic rings. The van der Waals surface area contributed by atoms with Crippen molar-refractivity contribution in [3.05, 3.63) is 46.6 Å². The van der Waals surface area contributed by atoms with E-state index in [2.05, 4.69) is 38.0 Å². The lowest BCUT2D eigenvalue weighted by Crippen LogP contribution is -2.29. The molecule has 1 aromatic heterocycles. The van der Waals surface area contributed by atoms with E-state index in [0.29, 0.717) is 6.04 Å². The smallest absolute Gasteiger partial charge is 0.271 e. The van der Waals surface area contributed by atoms with Crippen molar-refractivity contribution in [3.63, 3.8) is 0 Å². The monoisotopic (exact) mass is 440 g/mol. The molecule has 28 heavy (non-hydrogen) atoms. The van der Waals surface area contributed by atoms with Gasteiger partial charge in [-0.1, -0.05) is 22.0 Å². The van der Waals surface area contributed by atoms with E-state index in [-0.39, 0.29) is 5.69 Å². The first-order chi connectivity index (χ1) is 13.5. The molecule has 1 fully saturated rings. The Balaban J connectivity index is 1.91. The van der Waals surface area contributed by atoms with Crippen LogP contribution in [0.1, 0.15) is 30.3 Å². The highest BCUT2D eigenvalue weighted by atomic mass is 79.9. The molecule has 0 saturated heterocycles. The van der Waals surface area contributed by atoms with Crippen LogP contribution in [-0.2, 0) is 0 Å². The Morgan fingerprint density at radius 2 is 2.04 bits per heavy atom. The predicted octanol–water partition coefficient (Wildman–Crippen LogP) is 4.16. The van der Waals surface area contributed by atoms with Crippen LogP contribution in [0.2, 0.25) is 0 Å². The number of nitrogens with zero attached hydrogens (tertiary/aromatic N) is 3. The van der Waals surface area contributed by atoms with Gasteiger partial charge in [-0.2, -0.15) is 0 Å². The SMILES string of the molecule is CCN(c1c(C(N)=O)nnc2cc(-c3cc(Br)ccc3OC)ccc12)C1CC1. The first-order valence-corrected chi connectivity index (χ1v) is 10.0. The highest BCUT2D eigenvalue weighted by Gasteiger charge is 2.32. The number of aromatic nitrogens is 2. The van der Waals surface area contributed by atoms with Crippen LogP contribution < -0.4 is 15.4 Å². The molecule has 2 aromatic carbocycles. The van der Waals surface area contributed by atoms with E-state index in [1.54, 1.807) is 7.11 Å². The maximum Gasteiger partial charge on any atom is 0.271 e. The number of ether oxygens (including phenoxy) is 1. The summed E-state index contributed by atoms with van der Waals surface area (Å²) in [5.74, 6) is 0.221. The van der Waals surface area contributed by atoms with E-state index < -0.39 is 5.91 Å². The van der Waals surface area contributed by atoms with Crippen molar-refractivity contribution in [2.75, 3.05) is 18.6 Å². The maximum atomic E-state index is 12.0. The van der Waals surface area contributed by atoms with Gasteiger partial charge in [-0.3, -0.25) is 4.79 Å². The Kier molecular flexibility index (Phi) is 4.93. The molecule has 0 atom stereocenters. The number of carbonyl (C=O) groups is 1. The molecule has 0 radical (unpaired) electrons. The molecule has 7 heteroatoms. The number of methoxy groups -OCH3 is 1.